The van der Waals surface area contributed by atoms with E-state index in [1.165, 1.54) is 0 Å². The van der Waals surface area contributed by atoms with Crippen molar-refractivity contribution >= 4 is 0 Å². The lowest BCUT2D eigenvalue weighted by atomic mass is 10.1. The summed E-state index contributed by atoms with van der Waals surface area (Å²) in [4.78, 5) is 6.64. The first kappa shape index (κ1) is 12.5. The lowest BCUT2D eigenvalue weighted by Crippen LogP contribution is -2.21. The summed E-state index contributed by atoms with van der Waals surface area (Å²) >= 11 is 0. The first-order valence-corrected chi connectivity index (χ1v) is 6.46. The molecule has 5 heteroatoms. The lowest BCUT2D eigenvalue weighted by Gasteiger charge is -2.11. The van der Waals surface area contributed by atoms with Gasteiger partial charge >= 0.3 is 0 Å². The second-order valence-electron chi connectivity index (χ2n) is 4.78. The third-order valence-electron chi connectivity index (χ3n) is 3.25. The van der Waals surface area contributed by atoms with Crippen molar-refractivity contribution in [1.82, 2.24) is 15.0 Å². The minimum Gasteiger partial charge on any atom is -0.396 e. The number of aliphatic hydroxyl groups excluding tert-OH is 1. The van der Waals surface area contributed by atoms with E-state index >= 15 is 0 Å². The van der Waals surface area contributed by atoms with Gasteiger partial charge in [-0.2, -0.15) is 4.98 Å². The summed E-state index contributed by atoms with van der Waals surface area (Å²) in [5, 5.41) is 13.0. The molecule has 1 unspecified atom stereocenters. The Morgan fingerprint density at radius 3 is 3.12 bits per heavy atom. The van der Waals surface area contributed by atoms with Crippen LogP contribution in [-0.2, 0) is 13.0 Å². The van der Waals surface area contributed by atoms with Crippen molar-refractivity contribution in [2.45, 2.75) is 39.2 Å². The molecule has 1 aliphatic heterocycles. The molecule has 0 aromatic carbocycles. The first-order valence-electron chi connectivity index (χ1n) is 6.46. The Bertz CT molecular complexity index is 340. The maximum absolute atomic E-state index is 9.07. The van der Waals surface area contributed by atoms with Gasteiger partial charge in [0, 0.05) is 19.6 Å². The van der Waals surface area contributed by atoms with Crippen LogP contribution in [0.5, 0.6) is 0 Å². The molecule has 1 fully saturated rings. The van der Waals surface area contributed by atoms with E-state index < -0.39 is 0 Å². The summed E-state index contributed by atoms with van der Waals surface area (Å²) < 4.78 is 5.23. The van der Waals surface area contributed by atoms with Crippen LogP contribution in [0.25, 0.3) is 0 Å². The van der Waals surface area contributed by atoms with E-state index in [1.54, 1.807) is 0 Å². The fraction of sp³-hybridized carbons (Fsp3) is 0.833. The third-order valence-corrected chi connectivity index (χ3v) is 3.25. The fourth-order valence-corrected chi connectivity index (χ4v) is 2.19. The van der Waals surface area contributed by atoms with Crippen LogP contribution < -0.4 is 0 Å². The van der Waals surface area contributed by atoms with Crippen LogP contribution in [-0.4, -0.2) is 39.8 Å². The number of nitrogens with zero attached hydrogens (tertiary/aromatic N) is 3. The minimum atomic E-state index is 0.280. The molecule has 1 saturated heterocycles. The molecule has 0 aliphatic carbocycles. The topological polar surface area (TPSA) is 62.4 Å². The quantitative estimate of drug-likeness (QED) is 0.809. The van der Waals surface area contributed by atoms with Crippen LogP contribution in [0.3, 0.4) is 0 Å². The normalized spacial score (nSPS) is 21.2. The van der Waals surface area contributed by atoms with E-state index in [0.717, 1.165) is 51.1 Å². The molecule has 96 valence electrons. The number of unbranched alkanes of at least 4 members (excludes halogenated alkanes) is 1. The Balaban J connectivity index is 1.80. The van der Waals surface area contributed by atoms with Gasteiger partial charge in [-0.25, -0.2) is 0 Å². The van der Waals surface area contributed by atoms with Crippen molar-refractivity contribution in [3.8, 4) is 0 Å². The molecular weight excluding hydrogens is 218 g/mol. The Morgan fingerprint density at radius 1 is 1.53 bits per heavy atom. The van der Waals surface area contributed by atoms with E-state index in [2.05, 4.69) is 22.0 Å². The van der Waals surface area contributed by atoms with Crippen LogP contribution in [0.2, 0.25) is 0 Å². The largest absolute Gasteiger partial charge is 0.396 e. The van der Waals surface area contributed by atoms with E-state index in [1.807, 2.05) is 0 Å². The highest BCUT2D eigenvalue weighted by Gasteiger charge is 2.23. The molecule has 2 heterocycles. The molecule has 1 aromatic heterocycles. The molecule has 17 heavy (non-hydrogen) atoms. The molecule has 1 aliphatic rings. The van der Waals surface area contributed by atoms with Crippen LogP contribution in [0.4, 0.5) is 0 Å². The van der Waals surface area contributed by atoms with Crippen LogP contribution in [0, 0.1) is 5.92 Å². The molecule has 0 radical (unpaired) electrons. The number of aryl methyl sites for hydroxylation is 1. The predicted molar refractivity (Wildman–Crippen MR) is 63.4 cm³/mol. The molecule has 2 rings (SSSR count). The number of aromatic nitrogens is 2. The summed E-state index contributed by atoms with van der Waals surface area (Å²) in [6.45, 7) is 5.10. The van der Waals surface area contributed by atoms with Gasteiger partial charge in [0.15, 0.2) is 5.82 Å². The van der Waals surface area contributed by atoms with Gasteiger partial charge in [0.25, 0.3) is 0 Å². The van der Waals surface area contributed by atoms with E-state index in [4.69, 9.17) is 9.63 Å². The molecule has 0 spiro atoms. The zero-order chi connectivity index (χ0) is 12.1. The van der Waals surface area contributed by atoms with Crippen LogP contribution >= 0.6 is 0 Å². The third kappa shape index (κ3) is 3.51. The molecular formula is C12H21N3O2. The lowest BCUT2D eigenvalue weighted by molar-refractivity contribution is 0.211. The second-order valence-corrected chi connectivity index (χ2v) is 4.78. The maximum Gasteiger partial charge on any atom is 0.240 e. The van der Waals surface area contributed by atoms with Crippen molar-refractivity contribution in [2.75, 3.05) is 19.7 Å². The molecule has 0 bridgehead atoms. The van der Waals surface area contributed by atoms with Crippen molar-refractivity contribution in [1.29, 1.82) is 0 Å². The van der Waals surface area contributed by atoms with Crippen molar-refractivity contribution in [3.05, 3.63) is 11.7 Å². The van der Waals surface area contributed by atoms with Crippen molar-refractivity contribution in [3.63, 3.8) is 0 Å². The molecule has 1 aromatic rings. The van der Waals surface area contributed by atoms with E-state index in [-0.39, 0.29) is 6.61 Å². The van der Waals surface area contributed by atoms with Crippen molar-refractivity contribution < 1.29 is 9.63 Å². The first-order chi connectivity index (χ1) is 8.31. The molecule has 5 nitrogen and oxygen atoms in total. The Kier molecular flexibility index (Phi) is 4.50. The van der Waals surface area contributed by atoms with E-state index in [9.17, 15) is 0 Å². The second kappa shape index (κ2) is 6.12. The Labute approximate surface area is 102 Å². The van der Waals surface area contributed by atoms with Crippen LogP contribution in [0.1, 0.15) is 37.9 Å². The zero-order valence-corrected chi connectivity index (χ0v) is 10.4. The zero-order valence-electron chi connectivity index (χ0n) is 10.4. The maximum atomic E-state index is 9.07. The summed E-state index contributed by atoms with van der Waals surface area (Å²) in [5.41, 5.74) is 0. The Morgan fingerprint density at radius 2 is 2.41 bits per heavy atom. The number of aliphatic hydroxyl groups is 1. The summed E-state index contributed by atoms with van der Waals surface area (Å²) in [7, 11) is 0. The minimum absolute atomic E-state index is 0.280. The highest BCUT2D eigenvalue weighted by molar-refractivity contribution is 4.88. The molecule has 0 saturated carbocycles. The number of likely N-dealkylation sites (tertiary alicyclic amines) is 1. The number of hydrogen-bond donors (Lipinski definition) is 1. The molecule has 0 amide bonds. The van der Waals surface area contributed by atoms with Gasteiger partial charge in [-0.1, -0.05) is 18.5 Å². The van der Waals surface area contributed by atoms with Gasteiger partial charge in [-0.05, 0) is 25.3 Å². The predicted octanol–water partition coefficient (Wildman–Crippen LogP) is 1.23. The number of rotatable bonds is 6. The van der Waals surface area contributed by atoms with Gasteiger partial charge in [0.05, 0.1) is 6.54 Å². The summed E-state index contributed by atoms with van der Waals surface area (Å²) in [6, 6.07) is 0. The molecule has 1 atom stereocenters. The monoisotopic (exact) mass is 239 g/mol. The summed E-state index contributed by atoms with van der Waals surface area (Å²) in [6.07, 6.45) is 4.22. The molecule has 1 N–H and O–H groups in total. The van der Waals surface area contributed by atoms with Gasteiger partial charge in [0.1, 0.15) is 0 Å². The van der Waals surface area contributed by atoms with Crippen LogP contribution in [0.15, 0.2) is 4.52 Å². The standard InChI is InChI=1S/C12H21N3O2/c1-2-3-4-11-13-12(17-14-11)8-15-6-5-10(7-15)9-16/h10,16H,2-9H2,1H3. The average molecular weight is 239 g/mol. The van der Waals surface area contributed by atoms with Gasteiger partial charge < -0.3 is 9.63 Å². The summed E-state index contributed by atoms with van der Waals surface area (Å²) in [5.74, 6) is 1.94. The smallest absolute Gasteiger partial charge is 0.240 e. The number of hydrogen-bond acceptors (Lipinski definition) is 5. The van der Waals surface area contributed by atoms with Gasteiger partial charge in [-0.3, -0.25) is 4.90 Å². The van der Waals surface area contributed by atoms with Gasteiger partial charge in [0.2, 0.25) is 5.89 Å². The highest BCUT2D eigenvalue weighted by Crippen LogP contribution is 2.17. The van der Waals surface area contributed by atoms with Crippen molar-refractivity contribution in [2.24, 2.45) is 5.92 Å². The fourth-order valence-electron chi connectivity index (χ4n) is 2.19. The average Bonchev–Trinajstić information content (AvgIpc) is 2.96. The van der Waals surface area contributed by atoms with Gasteiger partial charge in [-0.15, -0.1) is 0 Å². The van der Waals surface area contributed by atoms with E-state index in [0.29, 0.717) is 11.8 Å². The Hall–Kier alpha value is -0.940. The SMILES string of the molecule is CCCCc1noc(CN2CCC(CO)C2)n1. The highest BCUT2D eigenvalue weighted by atomic mass is 16.5.